The van der Waals surface area contributed by atoms with Gasteiger partial charge in [0.25, 0.3) is 0 Å². The molecule has 1 fully saturated rings. The molecule has 3 heterocycles. The summed E-state index contributed by atoms with van der Waals surface area (Å²) in [4.78, 5) is 46.0. The van der Waals surface area contributed by atoms with E-state index in [1.807, 2.05) is 46.7 Å². The van der Waals surface area contributed by atoms with E-state index in [9.17, 15) is 14.4 Å². The first-order chi connectivity index (χ1) is 18.4. The lowest BCUT2D eigenvalue weighted by Gasteiger charge is -2.37. The van der Waals surface area contributed by atoms with Crippen molar-refractivity contribution in [1.82, 2.24) is 0 Å². The van der Waals surface area contributed by atoms with Crippen molar-refractivity contribution >= 4 is 63.7 Å². The molecule has 7 rings (SSSR count). The highest BCUT2D eigenvalue weighted by Crippen LogP contribution is 2.61. The van der Waals surface area contributed by atoms with Crippen molar-refractivity contribution in [1.29, 1.82) is 0 Å². The van der Waals surface area contributed by atoms with Crippen molar-refractivity contribution in [2.24, 2.45) is 5.41 Å². The lowest BCUT2D eigenvalue weighted by atomic mass is 9.64. The zero-order chi connectivity index (χ0) is 26.2. The van der Waals surface area contributed by atoms with Crippen LogP contribution in [0, 0.1) is 5.41 Å². The monoisotopic (exact) mass is 555 g/mol. The normalized spacial score (nSPS) is 22.5. The van der Waals surface area contributed by atoms with Crippen LogP contribution in [0.3, 0.4) is 0 Å². The quantitative estimate of drug-likeness (QED) is 0.195. The Morgan fingerprint density at radius 3 is 2.26 bits per heavy atom. The van der Waals surface area contributed by atoms with Gasteiger partial charge in [0.1, 0.15) is 11.5 Å². The molecule has 38 heavy (non-hydrogen) atoms. The zero-order valence-electron chi connectivity index (χ0n) is 19.8. The molecule has 7 heteroatoms. The second kappa shape index (κ2) is 8.50. The number of Topliss-reactive ketones (excluding diaryl/α,β-unsaturated/α-hetero) is 3. The Morgan fingerprint density at radius 1 is 0.842 bits per heavy atom. The number of ketones is 3. The number of anilines is 1. The van der Waals surface area contributed by atoms with Gasteiger partial charge in [-0.3, -0.25) is 14.4 Å². The van der Waals surface area contributed by atoms with Crippen LogP contribution in [0.15, 0.2) is 90.3 Å². The van der Waals surface area contributed by atoms with Crippen LogP contribution in [0.4, 0.5) is 5.69 Å². The number of rotatable bonds is 3. The zero-order valence-corrected chi connectivity index (χ0v) is 22.1. The molecule has 0 radical (unpaired) electrons. The van der Waals surface area contributed by atoms with Gasteiger partial charge in [-0.1, -0.05) is 77.8 Å². The predicted octanol–water partition coefficient (Wildman–Crippen LogP) is 7.37. The highest BCUT2D eigenvalue weighted by atomic mass is 35.5. The number of hydrogen-bond acceptors (Lipinski definition) is 5. The van der Waals surface area contributed by atoms with Gasteiger partial charge >= 0.3 is 0 Å². The number of hydrogen-bond donors (Lipinski definition) is 0. The Kier molecular flexibility index (Phi) is 5.28. The number of carbonyl (C=O) groups excluding carboxylic acids is 3. The number of carbonyl (C=O) groups is 3. The summed E-state index contributed by atoms with van der Waals surface area (Å²) in [6.07, 6.45) is 3.79. The Hall–Kier alpha value is -3.51. The van der Waals surface area contributed by atoms with E-state index in [2.05, 4.69) is 0 Å². The summed E-state index contributed by atoms with van der Waals surface area (Å²) in [6, 6.07) is 21.7. The number of halogens is 2. The van der Waals surface area contributed by atoms with Gasteiger partial charge in [0.2, 0.25) is 0 Å². The van der Waals surface area contributed by atoms with E-state index >= 15 is 0 Å². The smallest absolute Gasteiger partial charge is 0.195 e. The summed E-state index contributed by atoms with van der Waals surface area (Å²) in [7, 11) is 0. The summed E-state index contributed by atoms with van der Waals surface area (Å²) >= 11 is 14.1. The molecule has 0 N–H and O–H groups in total. The second-order valence-corrected chi connectivity index (χ2v) is 11.6. The van der Waals surface area contributed by atoms with Crippen LogP contribution in [-0.4, -0.2) is 29.4 Å². The summed E-state index contributed by atoms with van der Waals surface area (Å²) in [5.41, 5.74) is 1.51. The SMILES string of the molecule is O=C(c1cccs1)C1C(c2cccc(Cl)c2)C2(C(=O)c3ccccc3C2=O)C2C=Cc3cc(Cl)ccc3N12. The first-order valence-corrected chi connectivity index (χ1v) is 13.8. The van der Waals surface area contributed by atoms with Crippen LogP contribution >= 0.6 is 34.5 Å². The Bertz CT molecular complexity index is 1660. The molecule has 1 aliphatic carbocycles. The Labute approximate surface area is 233 Å². The minimum absolute atomic E-state index is 0.139. The maximum atomic E-state index is 14.5. The number of fused-ring (bicyclic) bond motifs is 5. The topological polar surface area (TPSA) is 54.5 Å². The number of thiophene rings is 1. The molecular weight excluding hydrogens is 537 g/mol. The molecule has 0 saturated carbocycles. The third-order valence-corrected chi connectivity index (χ3v) is 9.36. The van der Waals surface area contributed by atoms with E-state index in [-0.39, 0.29) is 17.3 Å². The van der Waals surface area contributed by atoms with E-state index in [1.165, 1.54) is 11.3 Å². The summed E-state index contributed by atoms with van der Waals surface area (Å²) in [5.74, 6) is -1.44. The molecule has 3 unspecified atom stereocenters. The molecule has 186 valence electrons. The van der Waals surface area contributed by atoms with Gasteiger partial charge in [-0.15, -0.1) is 11.3 Å². The third-order valence-electron chi connectivity index (χ3n) is 8.01. The van der Waals surface area contributed by atoms with Gasteiger partial charge < -0.3 is 4.90 Å². The van der Waals surface area contributed by atoms with Crippen molar-refractivity contribution in [3.63, 3.8) is 0 Å². The summed E-state index contributed by atoms with van der Waals surface area (Å²) < 4.78 is 0. The molecule has 3 aliphatic rings. The summed E-state index contributed by atoms with van der Waals surface area (Å²) in [6.45, 7) is 0. The minimum atomic E-state index is -1.54. The van der Waals surface area contributed by atoms with Gasteiger partial charge in [0, 0.05) is 32.8 Å². The summed E-state index contributed by atoms with van der Waals surface area (Å²) in [5, 5.41) is 2.90. The van der Waals surface area contributed by atoms with Crippen LogP contribution in [0.2, 0.25) is 10.0 Å². The first kappa shape index (κ1) is 23.6. The molecule has 0 bridgehead atoms. The van der Waals surface area contributed by atoms with E-state index in [1.54, 1.807) is 54.6 Å². The van der Waals surface area contributed by atoms with Gasteiger partial charge in [-0.2, -0.15) is 0 Å². The highest BCUT2D eigenvalue weighted by Gasteiger charge is 2.71. The largest absolute Gasteiger partial charge is 0.352 e. The number of benzene rings is 3. The molecule has 0 amide bonds. The first-order valence-electron chi connectivity index (χ1n) is 12.2. The van der Waals surface area contributed by atoms with E-state index in [0.717, 1.165) is 11.3 Å². The van der Waals surface area contributed by atoms with Crippen molar-refractivity contribution in [2.45, 2.75) is 18.0 Å². The minimum Gasteiger partial charge on any atom is -0.352 e. The molecule has 1 aromatic heterocycles. The van der Waals surface area contributed by atoms with Gasteiger partial charge in [-0.25, -0.2) is 0 Å². The molecule has 4 nitrogen and oxygen atoms in total. The molecule has 3 atom stereocenters. The Morgan fingerprint density at radius 2 is 1.58 bits per heavy atom. The fourth-order valence-corrected chi connectivity index (χ4v) is 7.66. The van der Waals surface area contributed by atoms with Crippen LogP contribution < -0.4 is 4.90 Å². The average molecular weight is 556 g/mol. The molecule has 4 aromatic rings. The van der Waals surface area contributed by atoms with E-state index < -0.39 is 23.4 Å². The number of nitrogens with zero attached hydrogens (tertiary/aromatic N) is 1. The lowest BCUT2D eigenvalue weighted by Crippen LogP contribution is -2.48. The molecule has 3 aromatic carbocycles. The Balaban J connectivity index is 1.57. The van der Waals surface area contributed by atoms with E-state index in [0.29, 0.717) is 31.6 Å². The van der Waals surface area contributed by atoms with Crippen LogP contribution in [0.5, 0.6) is 0 Å². The van der Waals surface area contributed by atoms with Gasteiger partial charge in [0.15, 0.2) is 17.3 Å². The fourth-order valence-electron chi connectivity index (χ4n) is 6.59. The highest BCUT2D eigenvalue weighted by molar-refractivity contribution is 7.12. The average Bonchev–Trinajstić information content (AvgIpc) is 3.62. The van der Waals surface area contributed by atoms with Crippen LogP contribution in [0.25, 0.3) is 6.08 Å². The third kappa shape index (κ3) is 3.07. The molecular formula is C31H19Cl2NO3S. The van der Waals surface area contributed by atoms with Crippen molar-refractivity contribution in [2.75, 3.05) is 4.90 Å². The molecule has 1 spiro atoms. The van der Waals surface area contributed by atoms with Crippen molar-refractivity contribution in [3.05, 3.63) is 127 Å². The molecule has 1 saturated heterocycles. The second-order valence-electron chi connectivity index (χ2n) is 9.81. The molecule has 2 aliphatic heterocycles. The van der Waals surface area contributed by atoms with Crippen LogP contribution in [-0.2, 0) is 0 Å². The lowest BCUT2D eigenvalue weighted by molar-refractivity contribution is 0.0666. The standard InChI is InChI=1S/C31H19Cl2NO3S/c32-19-6-3-5-18(16-19)26-27(28(35)24-9-4-14-38-24)34-23-12-11-20(33)15-17(23)10-13-25(34)31(26)29(36)21-7-1-2-8-22(21)30(31)37/h1-16,25-27H. The predicted molar refractivity (Wildman–Crippen MR) is 151 cm³/mol. The maximum Gasteiger partial charge on any atom is 0.195 e. The van der Waals surface area contributed by atoms with Crippen molar-refractivity contribution < 1.29 is 14.4 Å². The van der Waals surface area contributed by atoms with Gasteiger partial charge in [-0.05, 0) is 52.9 Å². The van der Waals surface area contributed by atoms with Crippen molar-refractivity contribution in [3.8, 4) is 0 Å². The fraction of sp³-hybridized carbons (Fsp3) is 0.129. The van der Waals surface area contributed by atoms with Crippen LogP contribution in [0.1, 0.15) is 47.4 Å². The van der Waals surface area contributed by atoms with Gasteiger partial charge in [0.05, 0.1) is 10.9 Å². The van der Waals surface area contributed by atoms with E-state index in [4.69, 9.17) is 23.2 Å². The maximum absolute atomic E-state index is 14.5.